The fourth-order valence-corrected chi connectivity index (χ4v) is 3.22. The van der Waals surface area contributed by atoms with Gasteiger partial charge in [0.1, 0.15) is 0 Å². The molecule has 0 aliphatic heterocycles. The van der Waals surface area contributed by atoms with Gasteiger partial charge < -0.3 is 10.1 Å². The van der Waals surface area contributed by atoms with Crippen molar-refractivity contribution in [3.63, 3.8) is 0 Å². The number of unbranched alkanes of at least 4 members (excludes halogenated alkanes) is 1. The molecular weight excluding hydrogens is 252 g/mol. The van der Waals surface area contributed by atoms with E-state index in [1.807, 2.05) is 20.8 Å². The maximum absolute atomic E-state index is 12.0. The summed E-state index contributed by atoms with van der Waals surface area (Å²) in [5, 5.41) is 3.19. The van der Waals surface area contributed by atoms with Gasteiger partial charge in [-0.1, -0.05) is 13.8 Å². The van der Waals surface area contributed by atoms with Crippen molar-refractivity contribution in [3.05, 3.63) is 0 Å². The van der Waals surface area contributed by atoms with E-state index in [1.165, 1.54) is 4.31 Å². The molecule has 0 aliphatic rings. The predicted octanol–water partition coefficient (Wildman–Crippen LogP) is 1.06. The molecule has 0 radical (unpaired) electrons. The summed E-state index contributed by atoms with van der Waals surface area (Å²) in [4.78, 5) is 0. The summed E-state index contributed by atoms with van der Waals surface area (Å²) in [6.07, 6.45) is 1.61. The molecule has 18 heavy (non-hydrogen) atoms. The summed E-state index contributed by atoms with van der Waals surface area (Å²) in [6.45, 7) is 9.71. The van der Waals surface area contributed by atoms with Crippen molar-refractivity contribution >= 4 is 10.0 Å². The van der Waals surface area contributed by atoms with Gasteiger partial charge >= 0.3 is 0 Å². The second-order valence-corrected chi connectivity index (χ2v) is 6.15. The van der Waals surface area contributed by atoms with Gasteiger partial charge in [0.05, 0.1) is 12.4 Å². The van der Waals surface area contributed by atoms with Crippen molar-refractivity contribution in [2.24, 2.45) is 0 Å². The van der Waals surface area contributed by atoms with Crippen LogP contribution in [0.5, 0.6) is 0 Å². The van der Waals surface area contributed by atoms with Crippen LogP contribution in [0.3, 0.4) is 0 Å². The van der Waals surface area contributed by atoms with E-state index in [4.69, 9.17) is 4.74 Å². The van der Waals surface area contributed by atoms with Crippen LogP contribution in [-0.2, 0) is 14.8 Å². The Bertz CT molecular complexity index is 281. The molecule has 0 spiro atoms. The highest BCUT2D eigenvalue weighted by Crippen LogP contribution is 2.04. The average Bonchev–Trinajstić information content (AvgIpc) is 2.34. The number of sulfonamides is 1. The molecule has 0 amide bonds. The smallest absolute Gasteiger partial charge is 0.214 e. The normalized spacial score (nSPS) is 12.2. The van der Waals surface area contributed by atoms with E-state index in [-0.39, 0.29) is 5.75 Å². The highest BCUT2D eigenvalue weighted by atomic mass is 32.2. The Kier molecular flexibility index (Phi) is 10.6. The molecule has 0 aromatic rings. The van der Waals surface area contributed by atoms with Gasteiger partial charge in [-0.2, -0.15) is 4.31 Å². The van der Waals surface area contributed by atoms with E-state index < -0.39 is 10.0 Å². The first kappa shape index (κ1) is 17.8. The second kappa shape index (κ2) is 10.7. The van der Waals surface area contributed by atoms with E-state index in [9.17, 15) is 8.42 Å². The minimum Gasteiger partial charge on any atom is -0.380 e. The summed E-state index contributed by atoms with van der Waals surface area (Å²) >= 11 is 0. The quantitative estimate of drug-likeness (QED) is 0.543. The molecule has 0 aromatic carbocycles. The van der Waals surface area contributed by atoms with Crippen molar-refractivity contribution in [2.45, 2.75) is 33.6 Å². The number of ether oxygens (including phenoxy) is 1. The molecule has 0 fully saturated rings. The van der Waals surface area contributed by atoms with Gasteiger partial charge in [0.15, 0.2) is 0 Å². The molecule has 0 aliphatic carbocycles. The maximum Gasteiger partial charge on any atom is 0.214 e. The summed E-state index contributed by atoms with van der Waals surface area (Å²) in [5.41, 5.74) is 0. The van der Waals surface area contributed by atoms with E-state index in [0.717, 1.165) is 19.5 Å². The summed E-state index contributed by atoms with van der Waals surface area (Å²) < 4.78 is 30.8. The van der Waals surface area contributed by atoms with Crippen LogP contribution in [0.25, 0.3) is 0 Å². The fourth-order valence-electron chi connectivity index (χ4n) is 1.64. The fraction of sp³-hybridized carbons (Fsp3) is 1.00. The zero-order chi connectivity index (χ0) is 13.9. The van der Waals surface area contributed by atoms with E-state index in [0.29, 0.717) is 32.7 Å². The average molecular weight is 280 g/mol. The largest absolute Gasteiger partial charge is 0.380 e. The summed E-state index contributed by atoms with van der Waals surface area (Å²) in [7, 11) is -3.11. The lowest BCUT2D eigenvalue weighted by atomic mass is 10.3. The Morgan fingerprint density at radius 3 is 2.44 bits per heavy atom. The third kappa shape index (κ3) is 8.02. The number of likely N-dealkylation sites (N-methyl/N-ethyl adjacent to an activating group) is 1. The number of nitrogens with zero attached hydrogens (tertiary/aromatic N) is 1. The molecule has 0 heterocycles. The van der Waals surface area contributed by atoms with Crippen LogP contribution >= 0.6 is 0 Å². The van der Waals surface area contributed by atoms with Crippen molar-refractivity contribution in [1.29, 1.82) is 0 Å². The number of hydrogen-bond acceptors (Lipinski definition) is 4. The molecule has 0 unspecified atom stereocenters. The monoisotopic (exact) mass is 280 g/mol. The standard InChI is InChI=1S/C12H28N2O3S/c1-4-13-9-7-8-12-18(15,16)14(5-2)10-11-17-6-3/h13H,4-12H2,1-3H3. The third-order valence-electron chi connectivity index (χ3n) is 2.69. The molecule has 0 saturated heterocycles. The van der Waals surface area contributed by atoms with E-state index in [1.54, 1.807) is 0 Å². The number of hydrogen-bond donors (Lipinski definition) is 1. The Balaban J connectivity index is 3.98. The highest BCUT2D eigenvalue weighted by molar-refractivity contribution is 7.89. The third-order valence-corrected chi connectivity index (χ3v) is 4.72. The minimum atomic E-state index is -3.11. The van der Waals surface area contributed by atoms with Crippen LogP contribution in [0.2, 0.25) is 0 Å². The van der Waals surface area contributed by atoms with Crippen molar-refractivity contribution in [1.82, 2.24) is 9.62 Å². The predicted molar refractivity (Wildman–Crippen MR) is 75.3 cm³/mol. The van der Waals surface area contributed by atoms with E-state index in [2.05, 4.69) is 5.32 Å². The first-order valence-electron chi connectivity index (χ1n) is 6.84. The van der Waals surface area contributed by atoms with Crippen LogP contribution in [0, 0.1) is 0 Å². The summed E-state index contributed by atoms with van der Waals surface area (Å²) in [5.74, 6) is 0.234. The van der Waals surface area contributed by atoms with Gasteiger partial charge in [0.2, 0.25) is 10.0 Å². The SMILES string of the molecule is CCNCCCCS(=O)(=O)N(CC)CCOCC. The molecular formula is C12H28N2O3S. The van der Waals surface area contributed by atoms with Gasteiger partial charge in [0.25, 0.3) is 0 Å². The molecule has 1 N–H and O–H groups in total. The van der Waals surface area contributed by atoms with Crippen LogP contribution in [0.4, 0.5) is 0 Å². The van der Waals surface area contributed by atoms with Gasteiger partial charge in [-0.3, -0.25) is 0 Å². The van der Waals surface area contributed by atoms with Gasteiger partial charge in [-0.05, 0) is 32.9 Å². The molecule has 110 valence electrons. The molecule has 5 nitrogen and oxygen atoms in total. The molecule has 0 saturated carbocycles. The molecule has 0 aromatic heterocycles. The van der Waals surface area contributed by atoms with E-state index >= 15 is 0 Å². The van der Waals surface area contributed by atoms with Crippen LogP contribution < -0.4 is 5.32 Å². The van der Waals surface area contributed by atoms with Gasteiger partial charge in [-0.25, -0.2) is 8.42 Å². The van der Waals surface area contributed by atoms with Crippen molar-refractivity contribution < 1.29 is 13.2 Å². The molecule has 0 atom stereocenters. The minimum absolute atomic E-state index is 0.234. The number of rotatable bonds is 12. The van der Waals surface area contributed by atoms with Crippen molar-refractivity contribution in [2.75, 3.05) is 45.1 Å². The van der Waals surface area contributed by atoms with Gasteiger partial charge in [0, 0.05) is 19.7 Å². The molecule has 0 bridgehead atoms. The lowest BCUT2D eigenvalue weighted by molar-refractivity contribution is 0.135. The zero-order valence-corrected chi connectivity index (χ0v) is 12.8. The van der Waals surface area contributed by atoms with Crippen LogP contribution in [0.1, 0.15) is 33.6 Å². The number of nitrogens with one attached hydrogen (secondary N) is 1. The van der Waals surface area contributed by atoms with Crippen molar-refractivity contribution in [3.8, 4) is 0 Å². The maximum atomic E-state index is 12.0. The lowest BCUT2D eigenvalue weighted by Crippen LogP contribution is -2.35. The summed E-state index contributed by atoms with van der Waals surface area (Å²) in [6, 6.07) is 0. The molecule has 0 rings (SSSR count). The Morgan fingerprint density at radius 1 is 1.17 bits per heavy atom. The van der Waals surface area contributed by atoms with Crippen LogP contribution in [-0.4, -0.2) is 57.9 Å². The highest BCUT2D eigenvalue weighted by Gasteiger charge is 2.19. The first-order chi connectivity index (χ1) is 8.58. The Labute approximate surface area is 112 Å². The van der Waals surface area contributed by atoms with Crippen LogP contribution in [0.15, 0.2) is 0 Å². The molecule has 6 heteroatoms. The topological polar surface area (TPSA) is 58.6 Å². The first-order valence-corrected chi connectivity index (χ1v) is 8.45. The van der Waals surface area contributed by atoms with Gasteiger partial charge in [-0.15, -0.1) is 0 Å². The zero-order valence-electron chi connectivity index (χ0n) is 11.9. The second-order valence-electron chi connectivity index (χ2n) is 4.07. The Hall–Kier alpha value is -0.170. The lowest BCUT2D eigenvalue weighted by Gasteiger charge is -2.20. The Morgan fingerprint density at radius 2 is 1.89 bits per heavy atom.